The molecular formula is C48H73N3O4. The van der Waals surface area contributed by atoms with Crippen molar-refractivity contribution in [3.8, 4) is 17.2 Å². The number of carbonyl (C=O) groups excluding carboxylic acids is 1. The molecule has 0 bridgehead atoms. The molecule has 4 rings (SSSR count). The Bertz CT molecular complexity index is 1790. The van der Waals surface area contributed by atoms with E-state index >= 15 is 4.79 Å². The van der Waals surface area contributed by atoms with Gasteiger partial charge in [0.2, 0.25) is 0 Å². The van der Waals surface area contributed by atoms with E-state index in [1.807, 2.05) is 12.1 Å². The van der Waals surface area contributed by atoms with Gasteiger partial charge in [-0.2, -0.15) is 0 Å². The number of anilines is 1. The van der Waals surface area contributed by atoms with E-state index in [4.69, 9.17) is 0 Å². The summed E-state index contributed by atoms with van der Waals surface area (Å²) in [4.78, 5) is 19.8. The van der Waals surface area contributed by atoms with Crippen molar-refractivity contribution >= 4 is 11.5 Å². The predicted molar refractivity (Wildman–Crippen MR) is 230 cm³/mol. The number of hydrogen-bond donors (Lipinski definition) is 4. The van der Waals surface area contributed by atoms with Crippen LogP contribution in [0.2, 0.25) is 0 Å². The number of benzene rings is 3. The fraction of sp³-hybridized carbons (Fsp3) is 0.604. The molecule has 1 saturated heterocycles. The molecule has 0 spiro atoms. The Morgan fingerprint density at radius 3 is 1.22 bits per heavy atom. The Balaban J connectivity index is 1.96. The smallest absolute Gasteiger partial charge is 0.180 e. The fourth-order valence-corrected chi connectivity index (χ4v) is 7.65. The van der Waals surface area contributed by atoms with Crippen LogP contribution in [-0.2, 0) is 38.9 Å². The second-order valence-corrected chi connectivity index (χ2v) is 22.3. The van der Waals surface area contributed by atoms with Crippen LogP contribution in [0.3, 0.4) is 0 Å². The summed E-state index contributed by atoms with van der Waals surface area (Å²) in [6.07, 6.45) is 0.424. The summed E-state index contributed by atoms with van der Waals surface area (Å²) in [7, 11) is 0. The van der Waals surface area contributed by atoms with Crippen LogP contribution in [0.4, 0.5) is 5.69 Å². The minimum atomic E-state index is -0.577. The first-order chi connectivity index (χ1) is 24.7. The maximum atomic E-state index is 15.4. The van der Waals surface area contributed by atoms with Gasteiger partial charge in [0.05, 0.1) is 26.0 Å². The SMILES string of the molecule is CC(C)(C)c1cc(CC(C(=O)c2cc(C(C)(C)C)c(O)c(C(C)(C)C)c2)N2CNCN(c3cc(C(C)(C)C)c(O)c(C(C)(C)C)c3)C2)cc(C(C)(C)C)c1O. The van der Waals surface area contributed by atoms with Crippen LogP contribution in [0.5, 0.6) is 17.2 Å². The Labute approximate surface area is 333 Å². The summed E-state index contributed by atoms with van der Waals surface area (Å²) in [6, 6.07) is 11.6. The van der Waals surface area contributed by atoms with E-state index in [-0.39, 0.29) is 33.2 Å². The van der Waals surface area contributed by atoms with Gasteiger partial charge in [-0.15, -0.1) is 0 Å². The van der Waals surface area contributed by atoms with E-state index in [1.165, 1.54) is 0 Å². The van der Waals surface area contributed by atoms with Crippen molar-refractivity contribution in [3.63, 3.8) is 0 Å². The zero-order valence-electron chi connectivity index (χ0n) is 37.5. The molecule has 0 aliphatic carbocycles. The molecule has 0 aromatic heterocycles. The van der Waals surface area contributed by atoms with Gasteiger partial charge in [0.25, 0.3) is 0 Å². The number of phenols is 3. The van der Waals surface area contributed by atoms with Crippen LogP contribution in [-0.4, -0.2) is 52.1 Å². The van der Waals surface area contributed by atoms with Crippen molar-refractivity contribution in [3.05, 3.63) is 80.9 Å². The van der Waals surface area contributed by atoms with E-state index in [0.29, 0.717) is 43.5 Å². The second-order valence-electron chi connectivity index (χ2n) is 22.3. The number of hydrogen-bond acceptors (Lipinski definition) is 7. The monoisotopic (exact) mass is 756 g/mol. The number of rotatable bonds is 6. The van der Waals surface area contributed by atoms with E-state index in [2.05, 4.69) is 164 Å². The predicted octanol–water partition coefficient (Wildman–Crippen LogP) is 10.7. The Hall–Kier alpha value is -3.55. The maximum Gasteiger partial charge on any atom is 0.180 e. The molecule has 0 saturated carbocycles. The number of aromatic hydroxyl groups is 3. The third kappa shape index (κ3) is 9.71. The van der Waals surface area contributed by atoms with Crippen molar-refractivity contribution in [1.29, 1.82) is 0 Å². The molecule has 55 heavy (non-hydrogen) atoms. The highest BCUT2D eigenvalue weighted by Gasteiger charge is 2.36. The van der Waals surface area contributed by atoms with Crippen LogP contribution in [0.25, 0.3) is 0 Å². The first-order valence-electron chi connectivity index (χ1n) is 20.1. The largest absolute Gasteiger partial charge is 0.507 e. The Morgan fingerprint density at radius 2 is 0.873 bits per heavy atom. The van der Waals surface area contributed by atoms with Gasteiger partial charge in [-0.25, -0.2) is 0 Å². The van der Waals surface area contributed by atoms with E-state index < -0.39 is 16.9 Å². The molecule has 1 fully saturated rings. The van der Waals surface area contributed by atoms with Crippen molar-refractivity contribution in [2.75, 3.05) is 24.9 Å². The highest BCUT2D eigenvalue weighted by atomic mass is 16.3. The number of nitrogens with zero attached hydrogens (tertiary/aromatic N) is 2. The van der Waals surface area contributed by atoms with Crippen LogP contribution in [0, 0.1) is 0 Å². The number of phenolic OH excluding ortho intramolecular Hbond substituents is 3. The fourth-order valence-electron chi connectivity index (χ4n) is 7.65. The van der Waals surface area contributed by atoms with Gasteiger partial charge in [-0.05, 0) is 79.9 Å². The summed E-state index contributed by atoms with van der Waals surface area (Å²) in [5.74, 6) is 0.890. The van der Waals surface area contributed by atoms with Gasteiger partial charge < -0.3 is 20.2 Å². The first-order valence-corrected chi connectivity index (χ1v) is 20.1. The van der Waals surface area contributed by atoms with Gasteiger partial charge in [-0.3, -0.25) is 15.0 Å². The third-order valence-corrected chi connectivity index (χ3v) is 11.0. The lowest BCUT2D eigenvalue weighted by atomic mass is 9.76. The summed E-state index contributed by atoms with van der Waals surface area (Å²) in [6.45, 7) is 39.4. The quantitative estimate of drug-likeness (QED) is 0.186. The van der Waals surface area contributed by atoms with Crippen LogP contribution >= 0.6 is 0 Å². The average Bonchev–Trinajstić information content (AvgIpc) is 3.00. The maximum absolute atomic E-state index is 15.4. The Morgan fingerprint density at radius 1 is 0.545 bits per heavy atom. The summed E-state index contributed by atoms with van der Waals surface area (Å²) in [5.41, 5.74) is 5.56. The van der Waals surface area contributed by atoms with Crippen molar-refractivity contribution in [1.82, 2.24) is 10.2 Å². The van der Waals surface area contributed by atoms with Gasteiger partial charge in [0, 0.05) is 33.5 Å². The lowest BCUT2D eigenvalue weighted by molar-refractivity contribution is 0.0770. The normalized spacial score (nSPS) is 16.1. The lowest BCUT2D eigenvalue weighted by Gasteiger charge is -2.42. The lowest BCUT2D eigenvalue weighted by Crippen LogP contribution is -2.58. The Kier molecular flexibility index (Phi) is 11.8. The topological polar surface area (TPSA) is 96.3 Å². The summed E-state index contributed by atoms with van der Waals surface area (Å²) in [5, 5.41) is 38.3. The number of ketones is 1. The number of Topliss-reactive ketones (excluding diaryl/α,β-unsaturated/α-hetero) is 1. The van der Waals surface area contributed by atoms with Gasteiger partial charge >= 0.3 is 0 Å². The molecule has 3 aromatic rings. The first kappa shape index (κ1) is 44.2. The molecule has 1 heterocycles. The van der Waals surface area contributed by atoms with Gasteiger partial charge in [0.15, 0.2) is 5.78 Å². The minimum Gasteiger partial charge on any atom is -0.507 e. The molecule has 304 valence electrons. The molecule has 0 amide bonds. The van der Waals surface area contributed by atoms with Crippen molar-refractivity contribution in [2.24, 2.45) is 0 Å². The minimum absolute atomic E-state index is 0.0150. The van der Waals surface area contributed by atoms with Crippen LogP contribution < -0.4 is 10.2 Å². The van der Waals surface area contributed by atoms with Gasteiger partial charge in [0.1, 0.15) is 17.2 Å². The number of carbonyl (C=O) groups is 1. The summed E-state index contributed by atoms with van der Waals surface area (Å²) >= 11 is 0. The molecule has 0 radical (unpaired) electrons. The molecule has 1 aliphatic heterocycles. The zero-order chi connectivity index (χ0) is 42.0. The van der Waals surface area contributed by atoms with E-state index in [0.717, 1.165) is 44.6 Å². The van der Waals surface area contributed by atoms with Crippen LogP contribution in [0.15, 0.2) is 36.4 Å². The van der Waals surface area contributed by atoms with Crippen molar-refractivity contribution in [2.45, 2.75) is 170 Å². The zero-order valence-corrected chi connectivity index (χ0v) is 37.5. The molecule has 1 unspecified atom stereocenters. The summed E-state index contributed by atoms with van der Waals surface area (Å²) < 4.78 is 0. The highest BCUT2D eigenvalue weighted by Crippen LogP contribution is 2.44. The van der Waals surface area contributed by atoms with Crippen molar-refractivity contribution < 1.29 is 20.1 Å². The number of nitrogens with one attached hydrogen (secondary N) is 1. The molecular weight excluding hydrogens is 683 g/mol. The average molecular weight is 756 g/mol. The molecule has 1 atom stereocenters. The molecule has 1 aliphatic rings. The van der Waals surface area contributed by atoms with Gasteiger partial charge in [-0.1, -0.05) is 137 Å². The highest BCUT2D eigenvalue weighted by molar-refractivity contribution is 6.01. The molecule has 4 N–H and O–H groups in total. The third-order valence-electron chi connectivity index (χ3n) is 11.0. The van der Waals surface area contributed by atoms with E-state index in [1.54, 1.807) is 0 Å². The van der Waals surface area contributed by atoms with Crippen LogP contribution in [0.1, 0.15) is 174 Å². The molecule has 7 heteroatoms. The van der Waals surface area contributed by atoms with E-state index in [9.17, 15) is 15.3 Å². The standard InChI is InChI=1S/C48H73N3O4/c1-43(2,3)32-19-29(20-33(40(32)53)44(4,5)6)21-38(39(52)30-22-34(45(7,8)9)41(54)35(23-30)46(10,11)12)51-27-49-26-50(28-51)31-24-36(47(13,14)15)42(55)37(25-31)48(16,17)18/h19-20,22-25,38,49,53-55H,21,26-28H2,1-18H3. The second kappa shape index (κ2) is 14.8. The molecule has 7 nitrogen and oxygen atoms in total. The molecule has 3 aromatic carbocycles.